The fourth-order valence-electron chi connectivity index (χ4n) is 2.40. The first-order valence-corrected chi connectivity index (χ1v) is 6.55. The first-order chi connectivity index (χ1) is 7.58. The van der Waals surface area contributed by atoms with Crippen molar-refractivity contribution in [1.29, 1.82) is 0 Å². The topological polar surface area (TPSA) is 49.3 Å². The summed E-state index contributed by atoms with van der Waals surface area (Å²) in [6.07, 6.45) is 7.16. The van der Waals surface area contributed by atoms with Gasteiger partial charge in [0.15, 0.2) is 0 Å². The van der Waals surface area contributed by atoms with Gasteiger partial charge in [-0.3, -0.25) is 4.79 Å². The van der Waals surface area contributed by atoms with Crippen molar-refractivity contribution in [1.82, 2.24) is 5.32 Å². The van der Waals surface area contributed by atoms with Gasteiger partial charge < -0.3 is 10.4 Å². The molecule has 0 amide bonds. The molecule has 2 atom stereocenters. The van der Waals surface area contributed by atoms with E-state index in [-0.39, 0.29) is 24.8 Å². The molecule has 3 nitrogen and oxygen atoms in total. The summed E-state index contributed by atoms with van der Waals surface area (Å²) in [5, 5.41) is 12.2. The Hall–Kier alpha value is 0.0749. The van der Waals surface area contributed by atoms with Gasteiger partial charge in [0.2, 0.25) is 0 Å². The van der Waals surface area contributed by atoms with E-state index in [0.717, 1.165) is 38.6 Å². The van der Waals surface area contributed by atoms with Crippen molar-refractivity contribution in [2.24, 2.45) is 0 Å². The van der Waals surface area contributed by atoms with Crippen LogP contribution in [0.4, 0.5) is 0 Å². The zero-order valence-corrected chi connectivity index (χ0v) is 13.0. The lowest BCUT2D eigenvalue weighted by molar-refractivity contribution is -0.141. The molecule has 1 rings (SSSR count). The van der Waals surface area contributed by atoms with E-state index in [1.54, 1.807) is 0 Å². The molecule has 0 saturated carbocycles. The molecule has 2 N–H and O–H groups in total. The van der Waals surface area contributed by atoms with Crippen molar-refractivity contribution in [3.05, 3.63) is 0 Å². The SMILES string of the molecule is BC(CCCC)(CC[C@H]1CCCN1)C(=O)O.Cl.Cl. The molecule has 0 spiro atoms. The first-order valence-electron chi connectivity index (χ1n) is 6.55. The lowest BCUT2D eigenvalue weighted by atomic mass is 9.62. The molecule has 1 aliphatic heterocycles. The number of nitrogens with one attached hydrogen (secondary N) is 1. The van der Waals surface area contributed by atoms with Gasteiger partial charge in [-0.2, -0.15) is 0 Å². The standard InChI is InChI=1S/C12H24BNO2.2ClH/c1-2-3-7-12(13,11(15)16)8-6-10-5-4-9-14-10;;/h10,14H,2-9,13H2,1H3,(H,15,16);2*1H/t10-,12?;;/m1../s1. The molecule has 0 aromatic rings. The van der Waals surface area contributed by atoms with E-state index < -0.39 is 11.3 Å². The Morgan fingerprint density at radius 3 is 2.56 bits per heavy atom. The van der Waals surface area contributed by atoms with E-state index in [1.807, 2.05) is 7.85 Å². The Balaban J connectivity index is 0. The molecular weight excluding hydrogens is 272 g/mol. The van der Waals surface area contributed by atoms with Crippen LogP contribution < -0.4 is 5.32 Å². The van der Waals surface area contributed by atoms with Gasteiger partial charge in [-0.1, -0.05) is 19.8 Å². The van der Waals surface area contributed by atoms with Crippen LogP contribution in [-0.2, 0) is 4.79 Å². The fraction of sp³-hybridized carbons (Fsp3) is 0.917. The maximum Gasteiger partial charge on any atom is 0.301 e. The van der Waals surface area contributed by atoms with Crippen LogP contribution in [0, 0.1) is 0 Å². The minimum absolute atomic E-state index is 0. The minimum Gasteiger partial charge on any atom is -0.481 e. The maximum absolute atomic E-state index is 11.3. The lowest BCUT2D eigenvalue weighted by Crippen LogP contribution is -2.28. The zero-order valence-electron chi connectivity index (χ0n) is 11.4. The number of hydrogen-bond acceptors (Lipinski definition) is 2. The van der Waals surface area contributed by atoms with Crippen LogP contribution in [0.3, 0.4) is 0 Å². The van der Waals surface area contributed by atoms with Crippen LogP contribution in [0.5, 0.6) is 0 Å². The monoisotopic (exact) mass is 297 g/mol. The Morgan fingerprint density at radius 1 is 1.44 bits per heavy atom. The molecule has 6 heteroatoms. The molecule has 18 heavy (non-hydrogen) atoms. The van der Waals surface area contributed by atoms with Crippen molar-refractivity contribution in [3.8, 4) is 0 Å². The van der Waals surface area contributed by atoms with E-state index in [2.05, 4.69) is 12.2 Å². The van der Waals surface area contributed by atoms with Gasteiger partial charge in [0.25, 0.3) is 0 Å². The number of rotatable bonds is 7. The summed E-state index contributed by atoms with van der Waals surface area (Å²) in [5.74, 6) is -0.626. The third-order valence-electron chi connectivity index (χ3n) is 3.81. The number of unbranched alkanes of at least 4 members (excludes halogenated alkanes) is 1. The van der Waals surface area contributed by atoms with Crippen LogP contribution in [0.1, 0.15) is 51.9 Å². The van der Waals surface area contributed by atoms with Crippen LogP contribution >= 0.6 is 24.8 Å². The molecule has 108 valence electrons. The van der Waals surface area contributed by atoms with Crippen molar-refractivity contribution in [3.63, 3.8) is 0 Å². The van der Waals surface area contributed by atoms with Gasteiger partial charge in [0, 0.05) is 11.4 Å². The molecule has 1 saturated heterocycles. The summed E-state index contributed by atoms with van der Waals surface area (Å²) >= 11 is 0. The number of halogens is 2. The van der Waals surface area contributed by atoms with Crippen molar-refractivity contribution < 1.29 is 9.90 Å². The second kappa shape index (κ2) is 9.93. The fourth-order valence-corrected chi connectivity index (χ4v) is 2.40. The molecule has 0 bridgehead atoms. The smallest absolute Gasteiger partial charge is 0.301 e. The van der Waals surface area contributed by atoms with Crippen molar-refractivity contribution in [2.75, 3.05) is 6.54 Å². The largest absolute Gasteiger partial charge is 0.481 e. The van der Waals surface area contributed by atoms with Gasteiger partial charge >= 0.3 is 5.97 Å². The van der Waals surface area contributed by atoms with Crippen molar-refractivity contribution in [2.45, 2.75) is 63.2 Å². The molecule has 1 fully saturated rings. The average molecular weight is 298 g/mol. The summed E-state index contributed by atoms with van der Waals surface area (Å²) in [4.78, 5) is 11.3. The Kier molecular flexibility index (Phi) is 11.3. The van der Waals surface area contributed by atoms with E-state index >= 15 is 0 Å². The minimum atomic E-state index is -0.626. The van der Waals surface area contributed by atoms with Crippen LogP contribution in [0.25, 0.3) is 0 Å². The summed E-state index contributed by atoms with van der Waals surface area (Å²) < 4.78 is 0. The van der Waals surface area contributed by atoms with E-state index in [0.29, 0.717) is 6.04 Å². The number of carboxylic acid groups (broad SMARTS) is 1. The molecule has 0 aromatic carbocycles. The third-order valence-corrected chi connectivity index (χ3v) is 3.81. The summed E-state index contributed by atoms with van der Waals surface area (Å²) in [6, 6.07) is 0.556. The van der Waals surface area contributed by atoms with Crippen LogP contribution in [0.15, 0.2) is 0 Å². The Bertz CT molecular complexity index is 238. The van der Waals surface area contributed by atoms with E-state index in [4.69, 9.17) is 0 Å². The van der Waals surface area contributed by atoms with Gasteiger partial charge in [0.1, 0.15) is 7.85 Å². The summed E-state index contributed by atoms with van der Waals surface area (Å²) in [7, 11) is 1.90. The first kappa shape index (κ1) is 20.4. The van der Waals surface area contributed by atoms with E-state index in [1.165, 1.54) is 12.8 Å². The summed E-state index contributed by atoms with van der Waals surface area (Å²) in [6.45, 7) is 3.21. The average Bonchev–Trinajstić information content (AvgIpc) is 2.76. The van der Waals surface area contributed by atoms with Crippen LogP contribution in [0.2, 0.25) is 5.31 Å². The summed E-state index contributed by atoms with van der Waals surface area (Å²) in [5.41, 5.74) is 0. The highest BCUT2D eigenvalue weighted by Crippen LogP contribution is 2.35. The maximum atomic E-state index is 11.3. The molecule has 1 aliphatic rings. The predicted octanol–water partition coefficient (Wildman–Crippen LogP) is 2.43. The molecule has 1 heterocycles. The number of carboxylic acids is 1. The molecular formula is C12H26BCl2NO2. The van der Waals surface area contributed by atoms with Crippen molar-refractivity contribution >= 4 is 38.6 Å². The van der Waals surface area contributed by atoms with Crippen LogP contribution in [-0.4, -0.2) is 31.5 Å². The van der Waals surface area contributed by atoms with Gasteiger partial charge in [-0.05, 0) is 38.6 Å². The van der Waals surface area contributed by atoms with E-state index in [9.17, 15) is 9.90 Å². The normalized spacial score (nSPS) is 21.5. The Labute approximate surface area is 124 Å². The quantitative estimate of drug-likeness (QED) is 0.710. The molecule has 1 unspecified atom stereocenters. The number of aliphatic carboxylic acids is 1. The lowest BCUT2D eigenvalue weighted by Gasteiger charge is -2.26. The van der Waals surface area contributed by atoms with Gasteiger partial charge in [-0.15, -0.1) is 24.8 Å². The highest BCUT2D eigenvalue weighted by molar-refractivity contribution is 6.26. The highest BCUT2D eigenvalue weighted by atomic mass is 35.5. The second-order valence-corrected chi connectivity index (χ2v) is 5.30. The number of carbonyl (C=O) groups is 1. The highest BCUT2D eigenvalue weighted by Gasteiger charge is 2.32. The van der Waals surface area contributed by atoms with Gasteiger partial charge in [0.05, 0.1) is 0 Å². The molecule has 0 aliphatic carbocycles. The Morgan fingerprint density at radius 2 is 2.11 bits per heavy atom. The molecule has 0 aromatic heterocycles. The predicted molar refractivity (Wildman–Crippen MR) is 83.2 cm³/mol. The third kappa shape index (κ3) is 6.30. The number of hydrogen-bond donors (Lipinski definition) is 2. The van der Waals surface area contributed by atoms with Gasteiger partial charge in [-0.25, -0.2) is 0 Å². The zero-order chi connectivity index (χ0) is 12.0. The molecule has 0 radical (unpaired) electrons. The second-order valence-electron chi connectivity index (χ2n) is 5.30.